The minimum absolute atomic E-state index is 0.0231. The highest BCUT2D eigenvalue weighted by atomic mass is 79.9. The van der Waals surface area contributed by atoms with E-state index >= 15 is 0 Å². The Morgan fingerprint density at radius 1 is 1.58 bits per heavy atom. The Bertz CT molecular complexity index is 380. The molecule has 1 heterocycles. The molecule has 0 atom stereocenters. The van der Waals surface area contributed by atoms with Crippen molar-refractivity contribution in [3.8, 4) is 5.75 Å². The molecule has 6 heteroatoms. The van der Waals surface area contributed by atoms with Crippen molar-refractivity contribution in [3.05, 3.63) is 26.7 Å². The molecule has 1 aromatic rings. The Labute approximate surface area is 74.4 Å². The second kappa shape index (κ2) is 2.98. The second-order valence-electron chi connectivity index (χ2n) is 1.90. The molecule has 0 aliphatic carbocycles. The highest BCUT2D eigenvalue weighted by Gasteiger charge is 2.17. The zero-order valence-electron chi connectivity index (χ0n) is 5.57. The van der Waals surface area contributed by atoms with Gasteiger partial charge in [-0.15, -0.1) is 0 Å². The Hall–Kier alpha value is -1.30. The van der Waals surface area contributed by atoms with Gasteiger partial charge in [0.1, 0.15) is 10.7 Å². The maximum absolute atomic E-state index is 10.9. The number of hydrogen-bond donors (Lipinski definition) is 2. The Morgan fingerprint density at radius 3 is 2.67 bits per heavy atom. The normalized spacial score (nSPS) is 9.75. The van der Waals surface area contributed by atoms with Gasteiger partial charge in [-0.2, -0.15) is 0 Å². The fourth-order valence-corrected chi connectivity index (χ4v) is 0.869. The van der Waals surface area contributed by atoms with Crippen LogP contribution in [0.2, 0.25) is 0 Å². The van der Waals surface area contributed by atoms with Crippen molar-refractivity contribution < 1.29 is 19.4 Å². The maximum atomic E-state index is 10.9. The van der Waals surface area contributed by atoms with Crippen molar-refractivity contribution in [1.82, 2.24) is 0 Å². The van der Waals surface area contributed by atoms with Gasteiger partial charge in [0, 0.05) is 0 Å². The molecule has 64 valence electrons. The van der Waals surface area contributed by atoms with Gasteiger partial charge in [0.2, 0.25) is 11.2 Å². The summed E-state index contributed by atoms with van der Waals surface area (Å²) in [6.07, 6.45) is 0.908. The fourth-order valence-electron chi connectivity index (χ4n) is 0.588. The van der Waals surface area contributed by atoms with Crippen LogP contribution in [0.3, 0.4) is 0 Å². The molecule has 0 bridgehead atoms. The average molecular weight is 235 g/mol. The zero-order chi connectivity index (χ0) is 9.30. The van der Waals surface area contributed by atoms with Crippen molar-refractivity contribution in [2.24, 2.45) is 0 Å². The maximum Gasteiger partial charge on any atom is 0.375 e. The van der Waals surface area contributed by atoms with E-state index in [1.54, 1.807) is 0 Å². The first-order chi connectivity index (χ1) is 5.54. The number of aromatic hydroxyl groups is 1. The molecule has 5 nitrogen and oxygen atoms in total. The van der Waals surface area contributed by atoms with Crippen LogP contribution in [0.1, 0.15) is 10.6 Å². The van der Waals surface area contributed by atoms with Crippen molar-refractivity contribution in [1.29, 1.82) is 0 Å². The summed E-state index contributed by atoms with van der Waals surface area (Å²) in [5, 5.41) is 17.3. The van der Waals surface area contributed by atoms with Crippen molar-refractivity contribution >= 4 is 21.9 Å². The molecular weight excluding hydrogens is 232 g/mol. The molecule has 12 heavy (non-hydrogen) atoms. The third kappa shape index (κ3) is 1.33. The lowest BCUT2D eigenvalue weighted by Gasteiger charge is -1.96. The van der Waals surface area contributed by atoms with Gasteiger partial charge < -0.3 is 14.6 Å². The second-order valence-corrected chi connectivity index (χ2v) is 2.75. The number of carbonyl (C=O) groups is 1. The summed E-state index contributed by atoms with van der Waals surface area (Å²) in [7, 11) is 0. The van der Waals surface area contributed by atoms with Gasteiger partial charge in [-0.05, 0) is 15.9 Å². The Morgan fingerprint density at radius 2 is 2.17 bits per heavy atom. The molecule has 0 aliphatic heterocycles. The van der Waals surface area contributed by atoms with Gasteiger partial charge in [-0.3, -0.25) is 4.79 Å². The number of aromatic carboxylic acids is 1. The van der Waals surface area contributed by atoms with E-state index in [1.807, 2.05) is 0 Å². The molecule has 0 fully saturated rings. The molecule has 1 aromatic heterocycles. The largest absolute Gasteiger partial charge is 0.501 e. The van der Waals surface area contributed by atoms with E-state index in [1.165, 1.54) is 0 Å². The lowest BCUT2D eigenvalue weighted by Crippen LogP contribution is -2.07. The van der Waals surface area contributed by atoms with E-state index < -0.39 is 22.9 Å². The molecule has 0 aromatic carbocycles. The van der Waals surface area contributed by atoms with E-state index in [4.69, 9.17) is 10.2 Å². The number of hydrogen-bond acceptors (Lipinski definition) is 4. The quantitative estimate of drug-likeness (QED) is 0.751. The van der Waals surface area contributed by atoms with Crippen molar-refractivity contribution in [2.45, 2.75) is 0 Å². The number of halogens is 1. The van der Waals surface area contributed by atoms with Crippen LogP contribution in [0.25, 0.3) is 0 Å². The zero-order valence-corrected chi connectivity index (χ0v) is 7.16. The average Bonchev–Trinajstić information content (AvgIpc) is 2.00. The van der Waals surface area contributed by atoms with Gasteiger partial charge >= 0.3 is 5.97 Å². The topological polar surface area (TPSA) is 87.7 Å². The Balaban J connectivity index is 3.47. The van der Waals surface area contributed by atoms with Crippen LogP contribution >= 0.6 is 15.9 Å². The predicted molar refractivity (Wildman–Crippen MR) is 41.3 cm³/mol. The van der Waals surface area contributed by atoms with Crippen LogP contribution in [-0.4, -0.2) is 16.2 Å². The minimum atomic E-state index is -1.49. The molecule has 0 saturated carbocycles. The molecule has 0 saturated heterocycles. The lowest BCUT2D eigenvalue weighted by molar-refractivity contribution is 0.0653. The smallest absolute Gasteiger partial charge is 0.375 e. The molecule has 0 amide bonds. The summed E-state index contributed by atoms with van der Waals surface area (Å²) in [5.74, 6) is -3.16. The molecule has 1 rings (SSSR count). The molecular formula is C6H3BrO5. The summed E-state index contributed by atoms with van der Waals surface area (Å²) in [6.45, 7) is 0. The third-order valence-corrected chi connectivity index (χ3v) is 1.67. The van der Waals surface area contributed by atoms with Crippen LogP contribution in [0.15, 0.2) is 19.9 Å². The van der Waals surface area contributed by atoms with E-state index in [9.17, 15) is 9.59 Å². The van der Waals surface area contributed by atoms with Crippen molar-refractivity contribution in [3.63, 3.8) is 0 Å². The predicted octanol–water partition coefficient (Wildman–Crippen LogP) is 0.806. The molecule has 0 spiro atoms. The first kappa shape index (κ1) is 8.79. The highest BCUT2D eigenvalue weighted by Crippen LogP contribution is 2.15. The Kier molecular flexibility index (Phi) is 2.18. The fraction of sp³-hybridized carbons (Fsp3) is 0. The summed E-state index contributed by atoms with van der Waals surface area (Å²) in [4.78, 5) is 21.2. The first-order valence-electron chi connectivity index (χ1n) is 2.77. The van der Waals surface area contributed by atoms with E-state index in [0.29, 0.717) is 0 Å². The van der Waals surface area contributed by atoms with Crippen LogP contribution in [0.4, 0.5) is 0 Å². The summed E-state index contributed by atoms with van der Waals surface area (Å²) in [6, 6.07) is 0. The monoisotopic (exact) mass is 234 g/mol. The lowest BCUT2D eigenvalue weighted by atomic mass is 10.3. The van der Waals surface area contributed by atoms with Gasteiger partial charge in [0.25, 0.3) is 5.76 Å². The minimum Gasteiger partial charge on any atom is -0.501 e. The SMILES string of the molecule is O=C(O)c1occ(Br)c(=O)c1O. The van der Waals surface area contributed by atoms with Gasteiger partial charge in [-0.1, -0.05) is 0 Å². The summed E-state index contributed by atoms with van der Waals surface area (Å²) >= 11 is 2.77. The van der Waals surface area contributed by atoms with Crippen LogP contribution in [0, 0.1) is 0 Å². The van der Waals surface area contributed by atoms with E-state index in [-0.39, 0.29) is 4.47 Å². The van der Waals surface area contributed by atoms with E-state index in [0.717, 1.165) is 6.26 Å². The van der Waals surface area contributed by atoms with Crippen LogP contribution in [-0.2, 0) is 0 Å². The molecule has 0 radical (unpaired) electrons. The molecule has 2 N–H and O–H groups in total. The van der Waals surface area contributed by atoms with Gasteiger partial charge in [0.05, 0.1) is 0 Å². The van der Waals surface area contributed by atoms with Gasteiger partial charge in [-0.25, -0.2) is 4.79 Å². The molecule has 0 aliphatic rings. The van der Waals surface area contributed by atoms with Crippen LogP contribution in [0.5, 0.6) is 5.75 Å². The molecule has 0 unspecified atom stereocenters. The number of rotatable bonds is 1. The summed E-state index contributed by atoms with van der Waals surface area (Å²) < 4.78 is 4.41. The number of carboxylic acids is 1. The number of carboxylic acid groups (broad SMARTS) is 1. The van der Waals surface area contributed by atoms with E-state index in [2.05, 4.69) is 20.3 Å². The van der Waals surface area contributed by atoms with Crippen LogP contribution < -0.4 is 5.43 Å². The first-order valence-corrected chi connectivity index (χ1v) is 3.57. The van der Waals surface area contributed by atoms with Crippen molar-refractivity contribution in [2.75, 3.05) is 0 Å². The van der Waals surface area contributed by atoms with Gasteiger partial charge in [0.15, 0.2) is 0 Å². The highest BCUT2D eigenvalue weighted by molar-refractivity contribution is 9.10. The standard InChI is InChI=1S/C6H3BrO5/c7-2-1-12-5(6(10)11)4(9)3(2)8/h1,9H,(H,10,11). The summed E-state index contributed by atoms with van der Waals surface area (Å²) in [5.41, 5.74) is -0.807. The third-order valence-electron chi connectivity index (χ3n) is 1.12.